The molecule has 2 fully saturated rings. The minimum absolute atomic E-state index is 0.0415. The first-order valence-corrected chi connectivity index (χ1v) is 13.5. The summed E-state index contributed by atoms with van der Waals surface area (Å²) in [5, 5.41) is 7.09. The highest BCUT2D eigenvalue weighted by Crippen LogP contribution is 2.66. The van der Waals surface area contributed by atoms with Gasteiger partial charge in [-0.05, 0) is 61.1 Å². The summed E-state index contributed by atoms with van der Waals surface area (Å²) in [7, 11) is 0. The van der Waals surface area contributed by atoms with Crippen molar-refractivity contribution in [2.75, 3.05) is 6.54 Å². The Morgan fingerprint density at radius 2 is 1.81 bits per heavy atom. The summed E-state index contributed by atoms with van der Waals surface area (Å²) in [5.41, 5.74) is 2.06. The number of aromatic amines is 1. The zero-order chi connectivity index (χ0) is 26.3. The van der Waals surface area contributed by atoms with Gasteiger partial charge in [-0.3, -0.25) is 4.79 Å². The van der Waals surface area contributed by atoms with Crippen LogP contribution < -0.4 is 10.6 Å². The van der Waals surface area contributed by atoms with Crippen molar-refractivity contribution < 1.29 is 14.3 Å². The van der Waals surface area contributed by atoms with Gasteiger partial charge in [0.15, 0.2) is 0 Å². The van der Waals surface area contributed by atoms with Crippen LogP contribution in [0.4, 0.5) is 4.79 Å². The normalized spacial score (nSPS) is 25.5. The molecule has 6 heteroatoms. The number of alkyl carbamates (subject to hydrolysis) is 1. The van der Waals surface area contributed by atoms with Crippen LogP contribution in [-0.2, 0) is 22.4 Å². The van der Waals surface area contributed by atoms with Gasteiger partial charge in [0.2, 0.25) is 5.91 Å². The number of aromatic nitrogens is 1. The molecule has 1 heterocycles. The van der Waals surface area contributed by atoms with Gasteiger partial charge in [-0.2, -0.15) is 0 Å². The predicted molar refractivity (Wildman–Crippen MR) is 146 cm³/mol. The quantitative estimate of drug-likeness (QED) is 0.366. The number of ether oxygens (including phenoxy) is 1. The number of carbonyl (C=O) groups is 2. The lowest BCUT2D eigenvalue weighted by molar-refractivity contribution is -0.127. The zero-order valence-electron chi connectivity index (χ0n) is 22.4. The maximum atomic E-state index is 13.6. The molecule has 6 nitrogen and oxygen atoms in total. The molecule has 0 saturated heterocycles. The van der Waals surface area contributed by atoms with Gasteiger partial charge in [-0.25, -0.2) is 4.79 Å². The topological polar surface area (TPSA) is 83.2 Å². The average Bonchev–Trinajstić information content (AvgIpc) is 3.43. The number of para-hydroxylation sites is 1. The summed E-state index contributed by atoms with van der Waals surface area (Å²) in [6, 6.07) is 18.1. The van der Waals surface area contributed by atoms with E-state index < -0.39 is 11.6 Å². The van der Waals surface area contributed by atoms with Crippen molar-refractivity contribution in [1.82, 2.24) is 15.6 Å². The number of nitrogens with one attached hydrogen (secondary N) is 3. The smallest absolute Gasteiger partial charge is 0.408 e. The van der Waals surface area contributed by atoms with E-state index >= 15 is 0 Å². The van der Waals surface area contributed by atoms with E-state index in [1.165, 1.54) is 6.42 Å². The highest BCUT2D eigenvalue weighted by atomic mass is 16.6. The summed E-state index contributed by atoms with van der Waals surface area (Å²) >= 11 is 0. The summed E-state index contributed by atoms with van der Waals surface area (Å²) in [5.74, 6) is 0.347. The Kier molecular flexibility index (Phi) is 6.55. The summed E-state index contributed by atoms with van der Waals surface area (Å²) in [4.78, 5) is 30.2. The van der Waals surface area contributed by atoms with Crippen LogP contribution in [0, 0.1) is 16.7 Å². The van der Waals surface area contributed by atoms with Gasteiger partial charge < -0.3 is 20.4 Å². The third-order valence-corrected chi connectivity index (χ3v) is 9.60. The fourth-order valence-corrected chi connectivity index (χ4v) is 6.69. The maximum Gasteiger partial charge on any atom is 0.408 e. The second-order valence-corrected chi connectivity index (χ2v) is 12.0. The molecule has 1 aromatic heterocycles. The number of rotatable bonds is 8. The molecule has 0 radical (unpaired) electrons. The van der Waals surface area contributed by atoms with Crippen molar-refractivity contribution in [2.45, 2.75) is 71.4 Å². The van der Waals surface area contributed by atoms with Crippen LogP contribution in [0.2, 0.25) is 0 Å². The van der Waals surface area contributed by atoms with Crippen LogP contribution >= 0.6 is 0 Å². The molecule has 5 rings (SSSR count). The zero-order valence-corrected chi connectivity index (χ0v) is 22.4. The Balaban J connectivity index is 1.32. The fourth-order valence-electron chi connectivity index (χ4n) is 6.69. The molecule has 2 aromatic carbocycles. The number of amides is 2. The number of carbonyl (C=O) groups excluding carboxylic acids is 2. The number of benzene rings is 2. The molecule has 2 amide bonds. The Hall–Kier alpha value is -3.28. The van der Waals surface area contributed by atoms with Crippen LogP contribution in [0.5, 0.6) is 0 Å². The molecule has 4 atom stereocenters. The van der Waals surface area contributed by atoms with Gasteiger partial charge in [0, 0.05) is 35.5 Å². The number of hydrogen-bond donors (Lipinski definition) is 3. The lowest BCUT2D eigenvalue weighted by Gasteiger charge is -2.39. The lowest BCUT2D eigenvalue weighted by atomic mass is 9.70. The highest BCUT2D eigenvalue weighted by Gasteiger charge is 2.63. The van der Waals surface area contributed by atoms with Crippen LogP contribution in [-0.4, -0.2) is 35.2 Å². The number of hydrogen-bond acceptors (Lipinski definition) is 3. The molecule has 2 aliphatic rings. The summed E-state index contributed by atoms with van der Waals surface area (Å²) in [6.45, 7) is 9.12. The molecule has 0 unspecified atom stereocenters. The van der Waals surface area contributed by atoms with E-state index in [9.17, 15) is 9.59 Å². The van der Waals surface area contributed by atoms with E-state index in [1.54, 1.807) is 6.92 Å². The second-order valence-electron chi connectivity index (χ2n) is 12.0. The Morgan fingerprint density at radius 1 is 1.08 bits per heavy atom. The molecule has 3 N–H and O–H groups in total. The van der Waals surface area contributed by atoms with Crippen molar-refractivity contribution in [3.05, 3.63) is 71.9 Å². The lowest BCUT2D eigenvalue weighted by Crippen LogP contribution is -2.59. The SMILES string of the molecule is CC1(C)[C@H]2CC[C@@]1(C)[C@@H](OC(=O)N[C@@](C)(Cc1c[nH]c3ccccc13)C(=O)NCCc1ccccc1)C2. The molecular weight excluding hydrogens is 462 g/mol. The Labute approximate surface area is 219 Å². The molecule has 37 heavy (non-hydrogen) atoms. The first kappa shape index (κ1) is 25.4. The van der Waals surface area contributed by atoms with Crippen LogP contribution in [0.1, 0.15) is 58.1 Å². The van der Waals surface area contributed by atoms with Gasteiger partial charge in [0.25, 0.3) is 0 Å². The first-order valence-electron chi connectivity index (χ1n) is 13.5. The molecule has 2 bridgehead atoms. The van der Waals surface area contributed by atoms with E-state index in [-0.39, 0.29) is 22.8 Å². The van der Waals surface area contributed by atoms with Crippen molar-refractivity contribution in [3.8, 4) is 0 Å². The fraction of sp³-hybridized carbons (Fsp3) is 0.484. The highest BCUT2D eigenvalue weighted by molar-refractivity contribution is 5.91. The van der Waals surface area contributed by atoms with E-state index in [0.29, 0.717) is 18.9 Å². The van der Waals surface area contributed by atoms with E-state index in [0.717, 1.165) is 41.3 Å². The molecule has 196 valence electrons. The van der Waals surface area contributed by atoms with Crippen molar-refractivity contribution in [3.63, 3.8) is 0 Å². The number of fused-ring (bicyclic) bond motifs is 3. The van der Waals surface area contributed by atoms with Gasteiger partial charge >= 0.3 is 6.09 Å². The third kappa shape index (κ3) is 4.62. The summed E-state index contributed by atoms with van der Waals surface area (Å²) < 4.78 is 6.07. The van der Waals surface area contributed by atoms with Crippen molar-refractivity contribution in [2.24, 2.45) is 16.7 Å². The largest absolute Gasteiger partial charge is 0.446 e. The predicted octanol–water partition coefficient (Wildman–Crippen LogP) is 5.77. The van der Waals surface area contributed by atoms with Gasteiger partial charge in [-0.15, -0.1) is 0 Å². The molecule has 3 aromatic rings. The Bertz CT molecular complexity index is 1280. The maximum absolute atomic E-state index is 13.6. The minimum atomic E-state index is -1.17. The second kappa shape index (κ2) is 9.55. The van der Waals surface area contributed by atoms with E-state index in [2.05, 4.69) is 36.4 Å². The van der Waals surface area contributed by atoms with Gasteiger partial charge in [0.05, 0.1) is 0 Å². The van der Waals surface area contributed by atoms with Crippen LogP contribution in [0.15, 0.2) is 60.8 Å². The molecule has 2 saturated carbocycles. The standard InChI is InChI=1S/C31H39N3O3/c1-29(2)23-14-16-30(29,3)26(18-23)37-28(36)34-31(4,19-22-20-33-25-13-9-8-12-24(22)25)27(35)32-17-15-21-10-6-5-7-11-21/h5-13,20,23,26,33H,14-19H2,1-4H3,(H,32,35)(H,34,36)/t23-,26-,30-,31-/m0/s1. The van der Waals surface area contributed by atoms with Crippen LogP contribution in [0.3, 0.4) is 0 Å². The molecule has 2 aliphatic carbocycles. The third-order valence-electron chi connectivity index (χ3n) is 9.60. The molecule has 0 aliphatic heterocycles. The van der Waals surface area contributed by atoms with Crippen molar-refractivity contribution in [1.29, 1.82) is 0 Å². The van der Waals surface area contributed by atoms with Gasteiger partial charge in [-0.1, -0.05) is 69.3 Å². The molecular formula is C31H39N3O3. The van der Waals surface area contributed by atoms with Crippen molar-refractivity contribution >= 4 is 22.9 Å². The molecule has 0 spiro atoms. The van der Waals surface area contributed by atoms with E-state index in [4.69, 9.17) is 4.74 Å². The monoisotopic (exact) mass is 501 g/mol. The minimum Gasteiger partial charge on any atom is -0.446 e. The first-order chi connectivity index (χ1) is 17.6. The Morgan fingerprint density at radius 3 is 2.51 bits per heavy atom. The van der Waals surface area contributed by atoms with E-state index in [1.807, 2.05) is 60.8 Å². The average molecular weight is 502 g/mol. The number of H-pyrrole nitrogens is 1. The van der Waals surface area contributed by atoms with Crippen LogP contribution in [0.25, 0.3) is 10.9 Å². The van der Waals surface area contributed by atoms with Gasteiger partial charge in [0.1, 0.15) is 11.6 Å². The summed E-state index contributed by atoms with van der Waals surface area (Å²) in [6.07, 6.45) is 5.47.